The Labute approximate surface area is 206 Å². The summed E-state index contributed by atoms with van der Waals surface area (Å²) < 4.78 is 15.9. The molecule has 5 rings (SSSR count). The lowest BCUT2D eigenvalue weighted by Gasteiger charge is -2.14. The van der Waals surface area contributed by atoms with E-state index in [-0.39, 0.29) is 5.88 Å². The molecule has 0 radical (unpaired) electrons. The van der Waals surface area contributed by atoms with Crippen LogP contribution in [-0.4, -0.2) is 27.9 Å². The van der Waals surface area contributed by atoms with Crippen LogP contribution in [0.1, 0.15) is 24.3 Å². The maximum absolute atomic E-state index is 12.6. The van der Waals surface area contributed by atoms with Gasteiger partial charge in [-0.3, -0.25) is 15.2 Å². The number of hydrogen-bond donors (Lipinski definition) is 2. The number of aryl methyl sites for hydroxylation is 1. The summed E-state index contributed by atoms with van der Waals surface area (Å²) in [7, 11) is 0. The molecular weight excluding hydrogens is 460 g/mol. The lowest BCUT2D eigenvalue weighted by atomic mass is 10.0. The van der Waals surface area contributed by atoms with Gasteiger partial charge < -0.3 is 14.0 Å². The van der Waals surface area contributed by atoms with Crippen LogP contribution in [0.5, 0.6) is 5.88 Å². The van der Waals surface area contributed by atoms with Crippen LogP contribution in [0.4, 0.5) is 10.5 Å². The number of benzene rings is 3. The summed E-state index contributed by atoms with van der Waals surface area (Å²) in [5.74, 6) is 0.639. The van der Waals surface area contributed by atoms with Gasteiger partial charge in [-0.05, 0) is 42.3 Å². The van der Waals surface area contributed by atoms with E-state index in [0.717, 1.165) is 33.2 Å². The molecule has 0 saturated heterocycles. The van der Waals surface area contributed by atoms with Crippen LogP contribution >= 0.6 is 0 Å². The Kier molecular flexibility index (Phi) is 6.19. The molecule has 5 aromatic rings. The van der Waals surface area contributed by atoms with E-state index in [9.17, 15) is 9.59 Å². The molecule has 0 aliphatic heterocycles. The van der Waals surface area contributed by atoms with Gasteiger partial charge in [0, 0.05) is 17.2 Å². The monoisotopic (exact) mass is 482 g/mol. The third-order valence-corrected chi connectivity index (χ3v) is 5.78. The molecule has 0 spiro atoms. The van der Waals surface area contributed by atoms with E-state index >= 15 is 0 Å². The van der Waals surface area contributed by atoms with Gasteiger partial charge in [-0.15, -0.1) is 5.10 Å². The molecule has 180 valence electrons. The fourth-order valence-electron chi connectivity index (χ4n) is 3.91. The molecule has 9 heteroatoms. The average molecular weight is 482 g/mol. The van der Waals surface area contributed by atoms with Crippen molar-refractivity contribution in [1.82, 2.24) is 15.4 Å². The summed E-state index contributed by atoms with van der Waals surface area (Å²) >= 11 is 0. The van der Waals surface area contributed by atoms with Gasteiger partial charge in [0.1, 0.15) is 17.5 Å². The highest BCUT2D eigenvalue weighted by Crippen LogP contribution is 2.34. The van der Waals surface area contributed by atoms with Gasteiger partial charge in [-0.1, -0.05) is 59.8 Å². The molecule has 0 bridgehead atoms. The minimum atomic E-state index is -0.596. The van der Waals surface area contributed by atoms with Crippen molar-refractivity contribution in [1.29, 1.82) is 0 Å². The highest BCUT2D eigenvalue weighted by Gasteiger charge is 2.20. The summed E-state index contributed by atoms with van der Waals surface area (Å²) in [5, 5.41) is 15.6. The number of nitrogens with zero attached hydrogens (tertiary/aromatic N) is 2. The maximum atomic E-state index is 12.6. The van der Waals surface area contributed by atoms with Gasteiger partial charge in [0.2, 0.25) is 5.88 Å². The van der Waals surface area contributed by atoms with Crippen LogP contribution in [0.15, 0.2) is 77.3 Å². The number of hydrogen-bond acceptors (Lipinski definition) is 7. The second-order valence-corrected chi connectivity index (χ2v) is 8.17. The fraction of sp³-hybridized carbons (Fsp3) is 0.111. The number of H-pyrrole nitrogens is 1. The molecule has 36 heavy (non-hydrogen) atoms. The average Bonchev–Trinajstić information content (AvgIpc) is 3.51. The topological polar surface area (TPSA) is 119 Å². The zero-order valence-electron chi connectivity index (χ0n) is 19.5. The highest BCUT2D eigenvalue weighted by molar-refractivity contribution is 5.94. The number of amides is 1. The Bertz CT molecular complexity index is 1540. The van der Waals surface area contributed by atoms with Gasteiger partial charge in [0.15, 0.2) is 5.76 Å². The van der Waals surface area contributed by atoms with Gasteiger partial charge in [-0.25, -0.2) is 4.79 Å². The van der Waals surface area contributed by atoms with Crippen LogP contribution in [0.25, 0.3) is 33.4 Å². The van der Waals surface area contributed by atoms with E-state index in [1.165, 1.54) is 0 Å². The first kappa shape index (κ1) is 22.9. The zero-order chi connectivity index (χ0) is 25.1. The number of carbonyl (C=O) groups excluding carboxylic acids is 2. The number of aromatic nitrogens is 3. The first-order chi connectivity index (χ1) is 17.5. The molecule has 0 aliphatic rings. The van der Waals surface area contributed by atoms with Crippen LogP contribution < -0.4 is 10.1 Å². The number of aromatic amines is 1. The molecule has 0 aliphatic carbocycles. The quantitative estimate of drug-likeness (QED) is 0.271. The maximum Gasteiger partial charge on any atom is 0.412 e. The smallest absolute Gasteiger partial charge is 0.412 e. The summed E-state index contributed by atoms with van der Waals surface area (Å²) in [4.78, 5) is 23.1. The minimum Gasteiger partial charge on any atom is -0.441 e. The normalized spacial score (nSPS) is 11.7. The van der Waals surface area contributed by atoms with Crippen molar-refractivity contribution in [2.45, 2.75) is 20.0 Å². The number of fused-ring (bicyclic) bond motifs is 1. The molecule has 9 nitrogen and oxygen atoms in total. The number of ether oxygens (including phenoxy) is 2. The Balaban J connectivity index is 1.37. The second kappa shape index (κ2) is 9.75. The van der Waals surface area contributed by atoms with Gasteiger partial charge >= 0.3 is 6.09 Å². The van der Waals surface area contributed by atoms with Crippen LogP contribution in [-0.2, 0) is 9.53 Å². The molecule has 1 unspecified atom stereocenters. The van der Waals surface area contributed by atoms with Crippen molar-refractivity contribution in [3.05, 3.63) is 84.1 Å². The Morgan fingerprint density at radius 3 is 2.50 bits per heavy atom. The van der Waals surface area contributed by atoms with Crippen LogP contribution in [0, 0.1) is 6.92 Å². The summed E-state index contributed by atoms with van der Waals surface area (Å²) in [6.45, 7) is 3.90. The molecule has 3 aromatic carbocycles. The lowest BCUT2D eigenvalue weighted by molar-refractivity contribution is -0.120. The summed E-state index contributed by atoms with van der Waals surface area (Å²) in [5.41, 5.74) is 4.25. The number of anilines is 1. The van der Waals surface area contributed by atoms with Crippen LogP contribution in [0.2, 0.25) is 0 Å². The molecule has 2 aromatic heterocycles. The lowest BCUT2D eigenvalue weighted by Crippen LogP contribution is -2.16. The first-order valence-corrected chi connectivity index (χ1v) is 11.2. The molecule has 1 amide bonds. The molecule has 0 saturated carbocycles. The molecule has 1 atom stereocenters. The molecule has 0 fully saturated rings. The predicted molar refractivity (Wildman–Crippen MR) is 133 cm³/mol. The third-order valence-electron chi connectivity index (χ3n) is 5.78. The van der Waals surface area contributed by atoms with E-state index in [1.807, 2.05) is 73.7 Å². The number of carbonyl (C=O) groups is 2. The largest absolute Gasteiger partial charge is 0.441 e. The van der Waals surface area contributed by atoms with E-state index in [2.05, 4.69) is 20.7 Å². The second-order valence-electron chi connectivity index (χ2n) is 8.17. The summed E-state index contributed by atoms with van der Waals surface area (Å²) in [6, 6.07) is 22.8. The first-order valence-electron chi connectivity index (χ1n) is 11.2. The van der Waals surface area contributed by atoms with Crippen molar-refractivity contribution in [2.24, 2.45) is 0 Å². The standard InChI is InChI=1S/C27H22N4O5/c1-16-25(28-27(33)35-17(2)18-6-4-3-5-7-18)26(36-31-16)22-11-9-19-12-21(10-8-20(19)13-22)23-14-24(30-29-23)34-15-32/h3-15,17H,1-2H3,(H,28,33)(H,29,30). The Hall–Kier alpha value is -4.92. The molecule has 2 N–H and O–H groups in total. The van der Waals surface area contributed by atoms with Gasteiger partial charge in [0.25, 0.3) is 6.47 Å². The zero-order valence-corrected chi connectivity index (χ0v) is 19.5. The van der Waals surface area contributed by atoms with Gasteiger partial charge in [0.05, 0.1) is 5.69 Å². The summed E-state index contributed by atoms with van der Waals surface area (Å²) in [6.07, 6.45) is -1.01. The van der Waals surface area contributed by atoms with Crippen molar-refractivity contribution < 1.29 is 23.6 Å². The third kappa shape index (κ3) is 4.67. The van der Waals surface area contributed by atoms with Gasteiger partial charge in [-0.2, -0.15) is 0 Å². The fourth-order valence-corrected chi connectivity index (χ4v) is 3.91. The van der Waals surface area contributed by atoms with Crippen molar-refractivity contribution in [3.8, 4) is 28.5 Å². The minimum absolute atomic E-state index is 0.202. The van der Waals surface area contributed by atoms with E-state index in [1.54, 1.807) is 13.0 Å². The SMILES string of the molecule is Cc1noc(-c2ccc3cc(-c4cc(OC=O)n[nH]4)ccc3c2)c1NC(=O)OC(C)c1ccccc1. The Morgan fingerprint density at radius 1 is 1.03 bits per heavy atom. The van der Waals surface area contributed by atoms with Crippen molar-refractivity contribution in [3.63, 3.8) is 0 Å². The van der Waals surface area contributed by atoms with Crippen molar-refractivity contribution in [2.75, 3.05) is 5.32 Å². The number of nitrogens with one attached hydrogen (secondary N) is 2. The van der Waals surface area contributed by atoms with E-state index in [0.29, 0.717) is 23.6 Å². The van der Waals surface area contributed by atoms with E-state index in [4.69, 9.17) is 14.0 Å². The Morgan fingerprint density at radius 2 is 1.75 bits per heavy atom. The van der Waals surface area contributed by atoms with E-state index < -0.39 is 12.2 Å². The molecular formula is C27H22N4O5. The van der Waals surface area contributed by atoms with Crippen LogP contribution in [0.3, 0.4) is 0 Å². The highest BCUT2D eigenvalue weighted by atomic mass is 16.6. The molecule has 2 heterocycles. The predicted octanol–water partition coefficient (Wildman–Crippen LogP) is 6.04. The number of rotatable bonds is 7. The van der Waals surface area contributed by atoms with Crippen molar-refractivity contribution >= 4 is 29.0 Å².